The van der Waals surface area contributed by atoms with Crippen LogP contribution in [0.3, 0.4) is 0 Å². The molecule has 0 aliphatic carbocycles. The maximum absolute atomic E-state index is 9.68. The summed E-state index contributed by atoms with van der Waals surface area (Å²) in [6.45, 7) is 4.97. The predicted octanol–water partition coefficient (Wildman–Crippen LogP) is 0.437. The zero-order valence-electron chi connectivity index (χ0n) is 15.2. The molecule has 0 amide bonds. The third-order valence-electron chi connectivity index (χ3n) is 5.21. The number of ether oxygens (including phenoxy) is 4. The monoisotopic (exact) mass is 377 g/mol. The van der Waals surface area contributed by atoms with E-state index < -0.39 is 18.1 Å². The van der Waals surface area contributed by atoms with Gasteiger partial charge in [-0.15, -0.1) is 0 Å². The van der Waals surface area contributed by atoms with E-state index in [1.54, 1.807) is 6.33 Å². The van der Waals surface area contributed by atoms with Gasteiger partial charge in [0.2, 0.25) is 0 Å². The van der Waals surface area contributed by atoms with E-state index in [0.29, 0.717) is 23.6 Å². The van der Waals surface area contributed by atoms with Gasteiger partial charge in [0.1, 0.15) is 24.6 Å². The Morgan fingerprint density at radius 2 is 2.11 bits per heavy atom. The minimum atomic E-state index is -0.731. The first kappa shape index (κ1) is 17.3. The molecule has 3 unspecified atom stereocenters. The highest BCUT2D eigenvalue weighted by Gasteiger charge is 2.56. The molecule has 10 heteroatoms. The van der Waals surface area contributed by atoms with Gasteiger partial charge in [-0.05, 0) is 20.3 Å². The summed E-state index contributed by atoms with van der Waals surface area (Å²) >= 11 is 0. The van der Waals surface area contributed by atoms with Crippen molar-refractivity contribution >= 4 is 17.0 Å². The van der Waals surface area contributed by atoms with Crippen LogP contribution in [0, 0.1) is 0 Å². The Morgan fingerprint density at radius 3 is 2.89 bits per heavy atom. The SMILES string of the molecule is CC1(C)OC2C(CO)OC(n3cnc4c(N[C@@H]5CCOC5)ncnc43)[C@@H]2O1. The zero-order valence-corrected chi connectivity index (χ0v) is 15.2. The summed E-state index contributed by atoms with van der Waals surface area (Å²) in [5.74, 6) is -0.0582. The van der Waals surface area contributed by atoms with Gasteiger partial charge in [0.25, 0.3) is 0 Å². The number of nitrogens with one attached hydrogen (secondary N) is 1. The minimum Gasteiger partial charge on any atom is -0.394 e. The van der Waals surface area contributed by atoms with Gasteiger partial charge in [-0.3, -0.25) is 4.57 Å². The van der Waals surface area contributed by atoms with E-state index in [9.17, 15) is 5.11 Å². The van der Waals surface area contributed by atoms with Crippen LogP contribution < -0.4 is 5.32 Å². The molecule has 3 aliphatic rings. The van der Waals surface area contributed by atoms with E-state index in [-0.39, 0.29) is 24.9 Å². The maximum Gasteiger partial charge on any atom is 0.167 e. The molecule has 5 rings (SSSR count). The van der Waals surface area contributed by atoms with Crippen LogP contribution in [0.1, 0.15) is 26.5 Å². The van der Waals surface area contributed by atoms with Gasteiger partial charge in [-0.25, -0.2) is 15.0 Å². The van der Waals surface area contributed by atoms with Gasteiger partial charge in [0, 0.05) is 6.61 Å². The number of imidazole rings is 1. The highest BCUT2D eigenvalue weighted by molar-refractivity contribution is 5.82. The van der Waals surface area contributed by atoms with Crippen molar-refractivity contribution in [1.29, 1.82) is 0 Å². The molecule has 3 aliphatic heterocycles. The zero-order chi connectivity index (χ0) is 18.6. The fourth-order valence-corrected chi connectivity index (χ4v) is 4.02. The van der Waals surface area contributed by atoms with Gasteiger partial charge in [0.05, 0.1) is 25.6 Å². The summed E-state index contributed by atoms with van der Waals surface area (Å²) in [6, 6.07) is 0.214. The van der Waals surface area contributed by atoms with E-state index in [1.165, 1.54) is 6.33 Å². The van der Waals surface area contributed by atoms with Crippen molar-refractivity contribution in [3.63, 3.8) is 0 Å². The molecule has 0 aromatic carbocycles. The molecule has 10 nitrogen and oxygen atoms in total. The van der Waals surface area contributed by atoms with Gasteiger partial charge in [0.15, 0.2) is 29.0 Å². The number of nitrogens with zero attached hydrogens (tertiary/aromatic N) is 4. The first-order chi connectivity index (χ1) is 13.1. The minimum absolute atomic E-state index is 0.146. The quantitative estimate of drug-likeness (QED) is 0.783. The third kappa shape index (κ3) is 2.88. The first-order valence-electron chi connectivity index (χ1n) is 9.19. The molecular weight excluding hydrogens is 354 g/mol. The molecule has 146 valence electrons. The van der Waals surface area contributed by atoms with Crippen LogP contribution in [0.5, 0.6) is 0 Å². The Kier molecular flexibility index (Phi) is 4.06. The lowest BCUT2D eigenvalue weighted by atomic mass is 10.1. The van der Waals surface area contributed by atoms with Gasteiger partial charge < -0.3 is 29.4 Å². The highest BCUT2D eigenvalue weighted by atomic mass is 16.8. The van der Waals surface area contributed by atoms with Crippen molar-refractivity contribution < 1.29 is 24.1 Å². The molecule has 3 saturated heterocycles. The fraction of sp³-hybridized carbons (Fsp3) is 0.706. The van der Waals surface area contributed by atoms with Crippen LogP contribution in [0.4, 0.5) is 5.82 Å². The standard InChI is InChI=1S/C17H23N5O5/c1-17(2)26-12-10(5-23)25-16(13(12)27-17)22-8-20-11-14(18-7-19-15(11)22)21-9-3-4-24-6-9/h7-10,12-13,16,23H,3-6H2,1-2H3,(H,18,19,21)/t9-,10?,12?,13-,16?/m1/s1. The van der Waals surface area contributed by atoms with E-state index in [2.05, 4.69) is 20.3 Å². The average Bonchev–Trinajstić information content (AvgIpc) is 3.38. The molecule has 2 aromatic rings. The van der Waals surface area contributed by atoms with Crippen molar-refractivity contribution in [2.24, 2.45) is 0 Å². The second-order valence-corrected chi connectivity index (χ2v) is 7.56. The van der Waals surface area contributed by atoms with Crippen molar-refractivity contribution in [3.05, 3.63) is 12.7 Å². The Balaban J connectivity index is 1.48. The predicted molar refractivity (Wildman–Crippen MR) is 93.0 cm³/mol. The molecule has 5 heterocycles. The third-order valence-corrected chi connectivity index (χ3v) is 5.21. The Hall–Kier alpha value is -1.85. The summed E-state index contributed by atoms with van der Waals surface area (Å²) in [5.41, 5.74) is 1.30. The largest absolute Gasteiger partial charge is 0.394 e. The number of rotatable bonds is 4. The van der Waals surface area contributed by atoms with E-state index in [4.69, 9.17) is 18.9 Å². The summed E-state index contributed by atoms with van der Waals surface area (Å²) in [6.07, 6.45) is 2.45. The number of aromatic nitrogens is 4. The molecule has 0 bridgehead atoms. The smallest absolute Gasteiger partial charge is 0.167 e. The summed E-state index contributed by atoms with van der Waals surface area (Å²) in [4.78, 5) is 13.2. The highest BCUT2D eigenvalue weighted by Crippen LogP contribution is 2.43. The van der Waals surface area contributed by atoms with Crippen LogP contribution in [0.25, 0.3) is 11.2 Å². The van der Waals surface area contributed by atoms with Gasteiger partial charge in [-0.2, -0.15) is 0 Å². The first-order valence-corrected chi connectivity index (χ1v) is 9.19. The molecule has 2 aromatic heterocycles. The van der Waals surface area contributed by atoms with Crippen molar-refractivity contribution in [1.82, 2.24) is 19.5 Å². The Labute approximate surface area is 155 Å². The molecule has 3 fully saturated rings. The van der Waals surface area contributed by atoms with Crippen LogP contribution in [-0.4, -0.2) is 74.6 Å². The van der Waals surface area contributed by atoms with E-state index >= 15 is 0 Å². The molecule has 0 spiro atoms. The molecule has 27 heavy (non-hydrogen) atoms. The second kappa shape index (κ2) is 6.35. The normalized spacial score (nSPS) is 35.0. The number of aliphatic hydroxyl groups is 1. The number of hydrogen-bond acceptors (Lipinski definition) is 9. The van der Waals surface area contributed by atoms with Gasteiger partial charge in [-0.1, -0.05) is 0 Å². The Morgan fingerprint density at radius 1 is 1.26 bits per heavy atom. The van der Waals surface area contributed by atoms with Crippen LogP contribution >= 0.6 is 0 Å². The molecule has 0 radical (unpaired) electrons. The fourth-order valence-electron chi connectivity index (χ4n) is 4.02. The lowest BCUT2D eigenvalue weighted by Gasteiger charge is -2.24. The molecule has 5 atom stereocenters. The molecular formula is C17H23N5O5. The van der Waals surface area contributed by atoms with E-state index in [0.717, 1.165) is 13.0 Å². The second-order valence-electron chi connectivity index (χ2n) is 7.56. The van der Waals surface area contributed by atoms with Crippen LogP contribution in [0.2, 0.25) is 0 Å². The van der Waals surface area contributed by atoms with Crippen LogP contribution in [0.15, 0.2) is 12.7 Å². The Bertz CT molecular complexity index is 836. The lowest BCUT2D eigenvalue weighted by molar-refractivity contribution is -0.199. The number of aliphatic hydroxyl groups excluding tert-OH is 1. The maximum atomic E-state index is 9.68. The van der Waals surface area contributed by atoms with Gasteiger partial charge >= 0.3 is 0 Å². The molecule has 2 N–H and O–H groups in total. The summed E-state index contributed by atoms with van der Waals surface area (Å²) in [5, 5.41) is 13.1. The average molecular weight is 377 g/mol. The molecule has 0 saturated carbocycles. The number of fused-ring (bicyclic) bond motifs is 2. The van der Waals surface area contributed by atoms with Crippen molar-refractivity contribution in [2.75, 3.05) is 25.1 Å². The summed E-state index contributed by atoms with van der Waals surface area (Å²) < 4.78 is 25.2. The van der Waals surface area contributed by atoms with E-state index in [1.807, 2.05) is 18.4 Å². The van der Waals surface area contributed by atoms with Crippen LogP contribution in [-0.2, 0) is 18.9 Å². The number of anilines is 1. The number of hydrogen-bond donors (Lipinski definition) is 2. The van der Waals surface area contributed by atoms with Crippen molar-refractivity contribution in [3.8, 4) is 0 Å². The lowest BCUT2D eigenvalue weighted by Crippen LogP contribution is -2.31. The summed E-state index contributed by atoms with van der Waals surface area (Å²) in [7, 11) is 0. The van der Waals surface area contributed by atoms with Crippen molar-refractivity contribution in [2.45, 2.75) is 56.6 Å². The topological polar surface area (TPSA) is 113 Å².